The molecule has 0 bridgehead atoms. The fourth-order valence-corrected chi connectivity index (χ4v) is 0.224. The van der Waals surface area contributed by atoms with Gasteiger partial charge in [-0.2, -0.15) is 7.05 Å². The zero-order chi connectivity index (χ0) is 4.12. The number of hydrogen-bond acceptors (Lipinski definition) is 0. The van der Waals surface area contributed by atoms with E-state index in [1.54, 1.807) is 0 Å². The van der Waals surface area contributed by atoms with Gasteiger partial charge in [0.25, 0.3) is 0 Å². The van der Waals surface area contributed by atoms with Gasteiger partial charge in [0.15, 0.2) is 0 Å². The average molecular weight is 158 g/mol. The molecular formula is C4H10NRb. The van der Waals surface area contributed by atoms with Crippen LogP contribution in [0.15, 0.2) is 0 Å². The molecule has 6 heavy (non-hydrogen) atoms. The molecule has 0 aromatic heterocycles. The second kappa shape index (κ2) is 9.90. The molecule has 0 N–H and O–H groups in total. The van der Waals surface area contributed by atoms with Crippen molar-refractivity contribution in [1.82, 2.24) is 0 Å². The first-order chi connectivity index (χ1) is 2.41. The van der Waals surface area contributed by atoms with E-state index in [2.05, 4.69) is 12.2 Å². The van der Waals surface area contributed by atoms with Gasteiger partial charge in [-0.25, -0.2) is 0 Å². The summed E-state index contributed by atoms with van der Waals surface area (Å²) in [6.45, 7) is 3.13. The zero-order valence-corrected chi connectivity index (χ0v) is 9.78. The minimum atomic E-state index is 0. The van der Waals surface area contributed by atoms with Crippen molar-refractivity contribution in [3.63, 3.8) is 0 Å². The van der Waals surface area contributed by atoms with E-state index in [-0.39, 0.29) is 58.2 Å². The van der Waals surface area contributed by atoms with Gasteiger partial charge in [0.2, 0.25) is 0 Å². The second-order valence-electron chi connectivity index (χ2n) is 1.04. The summed E-state index contributed by atoms with van der Waals surface area (Å²) in [6, 6.07) is 0. The van der Waals surface area contributed by atoms with Crippen molar-refractivity contribution in [3.8, 4) is 0 Å². The minimum absolute atomic E-state index is 0. The van der Waals surface area contributed by atoms with Gasteiger partial charge < -0.3 is 5.32 Å². The van der Waals surface area contributed by atoms with E-state index in [9.17, 15) is 0 Å². The summed E-state index contributed by atoms with van der Waals surface area (Å²) >= 11 is 0. The first-order valence-corrected chi connectivity index (χ1v) is 1.97. The molecule has 0 aliphatic carbocycles. The van der Waals surface area contributed by atoms with Gasteiger partial charge in [-0.05, 0) is 0 Å². The fourth-order valence-electron chi connectivity index (χ4n) is 0.224. The van der Waals surface area contributed by atoms with Crippen LogP contribution in [0.1, 0.15) is 13.3 Å². The molecule has 0 radical (unpaired) electrons. The first kappa shape index (κ1) is 10.7. The summed E-state index contributed by atoms with van der Waals surface area (Å²) in [7, 11) is 1.84. The molecule has 0 aromatic carbocycles. The average Bonchev–Trinajstić information content (AvgIpc) is 1.41. The van der Waals surface area contributed by atoms with Crippen LogP contribution in [-0.2, 0) is 0 Å². The molecule has 0 rings (SSSR count). The van der Waals surface area contributed by atoms with Crippen molar-refractivity contribution < 1.29 is 58.2 Å². The molecule has 0 saturated carbocycles. The van der Waals surface area contributed by atoms with Gasteiger partial charge in [-0.1, -0.05) is 13.3 Å². The Morgan fingerprint density at radius 3 is 2.00 bits per heavy atom. The van der Waals surface area contributed by atoms with E-state index < -0.39 is 0 Å². The standard InChI is InChI=1S/C4H10N.Rb/c1-3-4-5-2;/h3-4H2,1-2H3;/q-1;+1. The van der Waals surface area contributed by atoms with Gasteiger partial charge in [-0.15, -0.1) is 6.54 Å². The van der Waals surface area contributed by atoms with Crippen LogP contribution >= 0.6 is 0 Å². The van der Waals surface area contributed by atoms with Crippen molar-refractivity contribution in [3.05, 3.63) is 5.32 Å². The van der Waals surface area contributed by atoms with Crippen molar-refractivity contribution >= 4 is 0 Å². The van der Waals surface area contributed by atoms with E-state index >= 15 is 0 Å². The number of hydrogen-bond donors (Lipinski definition) is 0. The predicted molar refractivity (Wildman–Crippen MR) is 24.4 cm³/mol. The van der Waals surface area contributed by atoms with Gasteiger partial charge in [-0.3, -0.25) is 0 Å². The third-order valence-corrected chi connectivity index (χ3v) is 0.447. The molecule has 0 fully saturated rings. The topological polar surface area (TPSA) is 14.1 Å². The zero-order valence-electron chi connectivity index (χ0n) is 4.86. The van der Waals surface area contributed by atoms with E-state index in [1.165, 1.54) is 6.42 Å². The molecule has 0 aromatic rings. The Balaban J connectivity index is 0. The van der Waals surface area contributed by atoms with Crippen molar-refractivity contribution in [1.29, 1.82) is 0 Å². The molecule has 0 spiro atoms. The van der Waals surface area contributed by atoms with Crippen LogP contribution < -0.4 is 58.2 Å². The maximum Gasteiger partial charge on any atom is 1.00 e. The van der Waals surface area contributed by atoms with Crippen molar-refractivity contribution in [2.45, 2.75) is 13.3 Å². The molecule has 32 valence electrons. The van der Waals surface area contributed by atoms with Crippen LogP contribution in [0, 0.1) is 0 Å². The van der Waals surface area contributed by atoms with Gasteiger partial charge in [0.1, 0.15) is 0 Å². The van der Waals surface area contributed by atoms with Crippen LogP contribution in [0.2, 0.25) is 0 Å². The Bertz CT molecular complexity index is 15.0. The SMILES string of the molecule is CCC[N-]C.[Rb+]. The Morgan fingerprint density at radius 2 is 2.00 bits per heavy atom. The Morgan fingerprint density at radius 1 is 1.50 bits per heavy atom. The summed E-state index contributed by atoms with van der Waals surface area (Å²) < 4.78 is 0. The summed E-state index contributed by atoms with van der Waals surface area (Å²) in [4.78, 5) is 0. The first-order valence-electron chi connectivity index (χ1n) is 1.97. The molecule has 1 nitrogen and oxygen atoms in total. The normalized spacial score (nSPS) is 7.00. The third kappa shape index (κ3) is 9.23. The third-order valence-electron chi connectivity index (χ3n) is 0.447. The van der Waals surface area contributed by atoms with Gasteiger partial charge in [0.05, 0.1) is 0 Å². The van der Waals surface area contributed by atoms with Crippen molar-refractivity contribution in [2.24, 2.45) is 0 Å². The Hall–Kier alpha value is 1.77. The summed E-state index contributed by atoms with van der Waals surface area (Å²) in [5.41, 5.74) is 0. The van der Waals surface area contributed by atoms with E-state index in [4.69, 9.17) is 0 Å². The van der Waals surface area contributed by atoms with Gasteiger partial charge >= 0.3 is 58.2 Å². The van der Waals surface area contributed by atoms with Gasteiger partial charge in [0, 0.05) is 0 Å². The molecule has 0 unspecified atom stereocenters. The summed E-state index contributed by atoms with van der Waals surface area (Å²) in [5.74, 6) is 0. The monoisotopic (exact) mass is 157 g/mol. The number of rotatable bonds is 2. The van der Waals surface area contributed by atoms with Crippen LogP contribution in [0.5, 0.6) is 0 Å². The summed E-state index contributed by atoms with van der Waals surface area (Å²) in [5, 5.41) is 3.85. The van der Waals surface area contributed by atoms with Crippen LogP contribution in [-0.4, -0.2) is 13.6 Å². The second-order valence-corrected chi connectivity index (χ2v) is 1.04. The van der Waals surface area contributed by atoms with Crippen LogP contribution in [0.25, 0.3) is 5.32 Å². The Labute approximate surface area is 88.7 Å². The molecular weight excluding hydrogens is 148 g/mol. The molecule has 0 saturated heterocycles. The van der Waals surface area contributed by atoms with Crippen LogP contribution in [0.3, 0.4) is 0 Å². The fraction of sp³-hybridized carbons (Fsp3) is 1.00. The quantitative estimate of drug-likeness (QED) is 0.459. The minimum Gasteiger partial charge on any atom is -0.665 e. The largest absolute Gasteiger partial charge is 1.00 e. The molecule has 0 aliphatic heterocycles. The molecule has 0 amide bonds. The van der Waals surface area contributed by atoms with Crippen molar-refractivity contribution in [2.75, 3.05) is 13.6 Å². The van der Waals surface area contributed by atoms with E-state index in [0.717, 1.165) is 6.54 Å². The van der Waals surface area contributed by atoms with Crippen LogP contribution in [0.4, 0.5) is 0 Å². The van der Waals surface area contributed by atoms with E-state index in [1.807, 2.05) is 7.05 Å². The maximum atomic E-state index is 3.85. The molecule has 2 heteroatoms. The smallest absolute Gasteiger partial charge is 0.665 e. The maximum absolute atomic E-state index is 3.85. The van der Waals surface area contributed by atoms with E-state index in [0.29, 0.717) is 0 Å². The number of nitrogens with zero attached hydrogens (tertiary/aromatic N) is 1. The molecule has 0 heterocycles. The molecule has 0 aliphatic rings. The predicted octanol–water partition coefficient (Wildman–Crippen LogP) is -1.60. The summed E-state index contributed by atoms with van der Waals surface area (Å²) in [6.07, 6.45) is 1.18. The molecule has 0 atom stereocenters. The Kier molecular flexibility index (Phi) is 17.6.